The molecule has 0 saturated heterocycles. The zero-order chi connectivity index (χ0) is 25.8. The van der Waals surface area contributed by atoms with Gasteiger partial charge in [-0.3, -0.25) is 0 Å². The van der Waals surface area contributed by atoms with Crippen LogP contribution in [-0.4, -0.2) is 18.5 Å². The van der Waals surface area contributed by atoms with Crippen LogP contribution in [0.2, 0.25) is 0 Å². The van der Waals surface area contributed by atoms with Crippen LogP contribution in [-0.2, 0) is 0 Å². The van der Waals surface area contributed by atoms with Crippen LogP contribution in [0.4, 0.5) is 35.1 Å². The Labute approximate surface area is 199 Å². The van der Waals surface area contributed by atoms with E-state index in [1.165, 1.54) is 25.7 Å². The van der Waals surface area contributed by atoms with Crippen molar-refractivity contribution in [1.82, 2.24) is 0 Å². The van der Waals surface area contributed by atoms with Crippen LogP contribution >= 0.6 is 0 Å². The second-order valence-electron chi connectivity index (χ2n) is 9.17. The summed E-state index contributed by atoms with van der Waals surface area (Å²) >= 11 is 0. The van der Waals surface area contributed by atoms with Crippen LogP contribution < -0.4 is 4.74 Å². The van der Waals surface area contributed by atoms with E-state index in [1.807, 2.05) is 12.1 Å². The van der Waals surface area contributed by atoms with E-state index in [4.69, 9.17) is 0 Å². The summed E-state index contributed by atoms with van der Waals surface area (Å²) in [4.78, 5) is 0. The van der Waals surface area contributed by atoms with Gasteiger partial charge in [0.15, 0.2) is 17.4 Å². The molecule has 2 aromatic carbocycles. The number of benzene rings is 2. The predicted molar refractivity (Wildman–Crippen MR) is 117 cm³/mol. The summed E-state index contributed by atoms with van der Waals surface area (Å²) in [5.41, 5.74) is 1.47. The standard InChI is InChI=1S/C26H28F8O/c1-2-3-4-5-16-6-8-17(9-7-16)18-10-12-19(13-11-18)20-14-21(27)23(22(28)15-20)35-26(33,34)24(29)25(30,31)32/h10-17,24H,2-9H2,1H3. The van der Waals surface area contributed by atoms with Crippen molar-refractivity contribution in [2.45, 2.75) is 82.7 Å². The van der Waals surface area contributed by atoms with Crippen molar-refractivity contribution in [2.24, 2.45) is 5.92 Å². The maximum atomic E-state index is 14.3. The molecule has 0 heterocycles. The summed E-state index contributed by atoms with van der Waals surface area (Å²) in [5.74, 6) is -3.97. The van der Waals surface area contributed by atoms with Gasteiger partial charge in [-0.15, -0.1) is 0 Å². The summed E-state index contributed by atoms with van der Waals surface area (Å²) in [6, 6.07) is 8.31. The molecule has 0 radical (unpaired) electrons. The van der Waals surface area contributed by atoms with E-state index in [1.54, 1.807) is 12.1 Å². The second-order valence-corrected chi connectivity index (χ2v) is 9.17. The molecule has 35 heavy (non-hydrogen) atoms. The number of hydrogen-bond acceptors (Lipinski definition) is 1. The van der Waals surface area contributed by atoms with E-state index in [2.05, 4.69) is 11.7 Å². The number of hydrogen-bond donors (Lipinski definition) is 0. The normalized spacial score (nSPS) is 20.0. The molecule has 0 amide bonds. The lowest BCUT2D eigenvalue weighted by atomic mass is 9.77. The van der Waals surface area contributed by atoms with Gasteiger partial charge in [0.2, 0.25) is 0 Å². The van der Waals surface area contributed by atoms with E-state index in [0.717, 1.165) is 37.2 Å². The molecule has 3 rings (SSSR count). The Morgan fingerprint density at radius 1 is 0.857 bits per heavy atom. The maximum Gasteiger partial charge on any atom is 0.439 e. The monoisotopic (exact) mass is 508 g/mol. The fourth-order valence-electron chi connectivity index (χ4n) is 4.62. The van der Waals surface area contributed by atoms with Gasteiger partial charge in [-0.25, -0.2) is 13.2 Å². The lowest BCUT2D eigenvalue weighted by Gasteiger charge is -2.29. The smallest absolute Gasteiger partial charge is 0.424 e. The van der Waals surface area contributed by atoms with Gasteiger partial charge in [-0.05, 0) is 66.3 Å². The van der Waals surface area contributed by atoms with E-state index >= 15 is 0 Å². The van der Waals surface area contributed by atoms with Gasteiger partial charge in [-0.1, -0.05) is 56.9 Å². The molecule has 1 aliphatic carbocycles. The molecule has 1 aliphatic rings. The Morgan fingerprint density at radius 3 is 1.94 bits per heavy atom. The highest BCUT2D eigenvalue weighted by atomic mass is 19.4. The minimum absolute atomic E-state index is 0.0190. The molecule has 1 fully saturated rings. The van der Waals surface area contributed by atoms with Crippen molar-refractivity contribution in [3.63, 3.8) is 0 Å². The van der Waals surface area contributed by atoms with Gasteiger partial charge < -0.3 is 4.74 Å². The van der Waals surface area contributed by atoms with E-state index in [-0.39, 0.29) is 5.56 Å². The molecule has 0 N–H and O–H groups in total. The molecular formula is C26H28F8O. The van der Waals surface area contributed by atoms with Crippen LogP contribution in [0.1, 0.15) is 69.8 Å². The molecule has 9 heteroatoms. The predicted octanol–water partition coefficient (Wildman–Crippen LogP) is 9.36. The zero-order valence-electron chi connectivity index (χ0n) is 19.3. The van der Waals surface area contributed by atoms with Gasteiger partial charge in [-0.2, -0.15) is 22.0 Å². The van der Waals surface area contributed by atoms with Gasteiger partial charge in [0.05, 0.1) is 0 Å². The largest absolute Gasteiger partial charge is 0.439 e. The molecule has 0 spiro atoms. The van der Waals surface area contributed by atoms with Gasteiger partial charge in [0.25, 0.3) is 6.17 Å². The molecule has 1 saturated carbocycles. The summed E-state index contributed by atoms with van der Waals surface area (Å²) < 4.78 is 109. The van der Waals surface area contributed by atoms with Crippen LogP contribution in [0.5, 0.6) is 5.75 Å². The van der Waals surface area contributed by atoms with Crippen molar-refractivity contribution < 1.29 is 39.9 Å². The first kappa shape index (κ1) is 27.3. The number of rotatable bonds is 9. The van der Waals surface area contributed by atoms with Gasteiger partial charge in [0.1, 0.15) is 0 Å². The van der Waals surface area contributed by atoms with Gasteiger partial charge in [0, 0.05) is 0 Å². The summed E-state index contributed by atoms with van der Waals surface area (Å²) in [6.07, 6.45) is -6.80. The molecule has 0 bridgehead atoms. The van der Waals surface area contributed by atoms with Gasteiger partial charge >= 0.3 is 12.3 Å². The first-order valence-electron chi connectivity index (χ1n) is 11.8. The zero-order valence-corrected chi connectivity index (χ0v) is 19.3. The third-order valence-corrected chi connectivity index (χ3v) is 6.60. The van der Waals surface area contributed by atoms with E-state index in [0.29, 0.717) is 23.6 Å². The Balaban J connectivity index is 1.68. The Morgan fingerprint density at radius 2 is 1.43 bits per heavy atom. The highest BCUT2D eigenvalue weighted by Crippen LogP contribution is 2.40. The Kier molecular flexibility index (Phi) is 8.70. The average molecular weight is 508 g/mol. The molecular weight excluding hydrogens is 480 g/mol. The fourth-order valence-corrected chi connectivity index (χ4v) is 4.62. The molecule has 0 aromatic heterocycles. The fraction of sp³-hybridized carbons (Fsp3) is 0.538. The molecule has 1 unspecified atom stereocenters. The second kappa shape index (κ2) is 11.2. The lowest BCUT2D eigenvalue weighted by molar-refractivity contribution is -0.306. The third-order valence-electron chi connectivity index (χ3n) is 6.60. The number of unbranched alkanes of at least 4 members (excludes halogenated alkanes) is 2. The first-order valence-corrected chi connectivity index (χ1v) is 11.8. The average Bonchev–Trinajstić information content (AvgIpc) is 2.81. The number of alkyl halides is 6. The lowest BCUT2D eigenvalue weighted by Crippen LogP contribution is -2.46. The SMILES string of the molecule is CCCCCC1CCC(c2ccc(-c3cc(F)c(OC(F)(F)C(F)C(F)(F)F)c(F)c3)cc2)CC1. The number of halogens is 8. The van der Waals surface area contributed by atoms with E-state index < -0.39 is 35.8 Å². The molecule has 1 nitrogen and oxygen atoms in total. The summed E-state index contributed by atoms with van der Waals surface area (Å²) in [7, 11) is 0. The molecule has 1 atom stereocenters. The molecule has 194 valence electrons. The Hall–Kier alpha value is -2.32. The summed E-state index contributed by atoms with van der Waals surface area (Å²) in [5, 5.41) is 0. The minimum Gasteiger partial charge on any atom is -0.424 e. The highest BCUT2D eigenvalue weighted by molar-refractivity contribution is 5.65. The molecule has 0 aliphatic heterocycles. The van der Waals surface area contributed by atoms with Crippen LogP contribution in [0.25, 0.3) is 11.1 Å². The third kappa shape index (κ3) is 6.88. The maximum absolute atomic E-state index is 14.3. The van der Waals surface area contributed by atoms with Crippen molar-refractivity contribution >= 4 is 0 Å². The molecule has 2 aromatic rings. The minimum atomic E-state index is -5.97. The van der Waals surface area contributed by atoms with Crippen molar-refractivity contribution in [3.8, 4) is 16.9 Å². The first-order chi connectivity index (χ1) is 16.4. The van der Waals surface area contributed by atoms with E-state index in [9.17, 15) is 35.1 Å². The van der Waals surface area contributed by atoms with Crippen LogP contribution in [0.15, 0.2) is 36.4 Å². The quantitative estimate of drug-likeness (QED) is 0.242. The van der Waals surface area contributed by atoms with Crippen molar-refractivity contribution in [1.29, 1.82) is 0 Å². The van der Waals surface area contributed by atoms with Crippen molar-refractivity contribution in [3.05, 3.63) is 53.6 Å². The highest BCUT2D eigenvalue weighted by Gasteiger charge is 2.59. The topological polar surface area (TPSA) is 9.23 Å². The summed E-state index contributed by atoms with van der Waals surface area (Å²) in [6.45, 7) is 2.18. The number of ether oxygens (including phenoxy) is 1. The van der Waals surface area contributed by atoms with Crippen molar-refractivity contribution in [2.75, 3.05) is 0 Å². The van der Waals surface area contributed by atoms with Crippen LogP contribution in [0.3, 0.4) is 0 Å². The van der Waals surface area contributed by atoms with Crippen LogP contribution in [0, 0.1) is 17.6 Å². The Bertz CT molecular complexity index is 939.